The van der Waals surface area contributed by atoms with Crippen LogP contribution >= 0.6 is 22.9 Å². The molecule has 1 aliphatic heterocycles. The fourth-order valence-corrected chi connectivity index (χ4v) is 4.57. The van der Waals surface area contributed by atoms with E-state index in [2.05, 4.69) is 18.3 Å². The molecule has 0 amide bonds. The lowest BCUT2D eigenvalue weighted by molar-refractivity contribution is -0.0887. The number of nitrogens with one attached hydrogen (secondary N) is 1. The second kappa shape index (κ2) is 6.55. The van der Waals surface area contributed by atoms with Gasteiger partial charge in [-0.3, -0.25) is 0 Å². The molecule has 1 saturated heterocycles. The fourth-order valence-electron chi connectivity index (χ4n) is 3.32. The third-order valence-electron chi connectivity index (χ3n) is 5.02. The maximum Gasteiger partial charge on any atom is 0.0931 e. The maximum absolute atomic E-state index is 6.03. The van der Waals surface area contributed by atoms with Crippen LogP contribution in [0.15, 0.2) is 12.1 Å². The van der Waals surface area contributed by atoms with Crippen LogP contribution in [0.1, 0.15) is 37.0 Å². The van der Waals surface area contributed by atoms with Crippen LogP contribution in [0.3, 0.4) is 0 Å². The molecule has 21 heavy (non-hydrogen) atoms. The van der Waals surface area contributed by atoms with E-state index in [4.69, 9.17) is 21.1 Å². The second-order valence-corrected chi connectivity index (χ2v) is 8.06. The molecule has 2 heterocycles. The van der Waals surface area contributed by atoms with Gasteiger partial charge in [0.05, 0.1) is 9.94 Å². The highest BCUT2D eigenvalue weighted by Gasteiger charge is 2.43. The number of hydrogen-bond donors (Lipinski definition) is 1. The molecule has 0 radical (unpaired) electrons. The van der Waals surface area contributed by atoms with Gasteiger partial charge >= 0.3 is 0 Å². The Morgan fingerprint density at radius 3 is 2.86 bits per heavy atom. The highest BCUT2D eigenvalue weighted by atomic mass is 35.5. The molecule has 0 bridgehead atoms. The molecule has 1 aromatic rings. The first-order valence-corrected chi connectivity index (χ1v) is 8.94. The van der Waals surface area contributed by atoms with Gasteiger partial charge in [-0.2, -0.15) is 0 Å². The van der Waals surface area contributed by atoms with E-state index in [0.717, 1.165) is 42.9 Å². The summed E-state index contributed by atoms with van der Waals surface area (Å²) >= 11 is 7.76. The van der Waals surface area contributed by atoms with Crippen molar-refractivity contribution in [3.8, 4) is 0 Å². The topological polar surface area (TPSA) is 30.5 Å². The number of ether oxygens (including phenoxy) is 2. The second-order valence-electron chi connectivity index (χ2n) is 6.32. The molecule has 1 aromatic heterocycles. The lowest BCUT2D eigenvalue weighted by Crippen LogP contribution is -2.49. The molecule has 3 rings (SSSR count). The average Bonchev–Trinajstić information content (AvgIpc) is 3.20. The molecule has 1 N–H and O–H groups in total. The van der Waals surface area contributed by atoms with Crippen molar-refractivity contribution in [1.29, 1.82) is 0 Å². The van der Waals surface area contributed by atoms with Crippen molar-refractivity contribution in [3.05, 3.63) is 21.3 Å². The van der Waals surface area contributed by atoms with E-state index in [1.54, 1.807) is 11.3 Å². The zero-order valence-electron chi connectivity index (χ0n) is 12.7. The molecule has 2 fully saturated rings. The first-order valence-electron chi connectivity index (χ1n) is 7.75. The first-order chi connectivity index (χ1) is 10.1. The molecule has 1 unspecified atom stereocenters. The monoisotopic (exact) mass is 329 g/mol. The predicted octanol–water partition coefficient (Wildman–Crippen LogP) is 3.68. The molecule has 3 nitrogen and oxygen atoms in total. The Morgan fingerprint density at radius 2 is 2.24 bits per heavy atom. The highest BCUT2D eigenvalue weighted by Crippen LogP contribution is 2.52. The van der Waals surface area contributed by atoms with E-state index in [1.165, 1.54) is 11.3 Å². The molecule has 5 heteroatoms. The van der Waals surface area contributed by atoms with Crippen LogP contribution in [0.4, 0.5) is 0 Å². The number of methoxy groups -OCH3 is 1. The van der Waals surface area contributed by atoms with Crippen molar-refractivity contribution in [2.75, 3.05) is 26.9 Å². The first kappa shape index (κ1) is 15.8. The van der Waals surface area contributed by atoms with Crippen LogP contribution in [-0.2, 0) is 9.47 Å². The van der Waals surface area contributed by atoms with Crippen LogP contribution in [0.25, 0.3) is 0 Å². The molecule has 1 aliphatic carbocycles. The molecular formula is C16H24ClNO2S. The number of hydrogen-bond acceptors (Lipinski definition) is 4. The summed E-state index contributed by atoms with van der Waals surface area (Å²) in [5.74, 6) is 1.42. The number of halogens is 1. The largest absolute Gasteiger partial charge is 0.381 e. The maximum atomic E-state index is 6.03. The summed E-state index contributed by atoms with van der Waals surface area (Å²) in [6.07, 6.45) is 3.24. The van der Waals surface area contributed by atoms with Crippen molar-refractivity contribution in [2.24, 2.45) is 5.92 Å². The summed E-state index contributed by atoms with van der Waals surface area (Å²) < 4.78 is 12.1. The van der Waals surface area contributed by atoms with E-state index < -0.39 is 0 Å². The van der Waals surface area contributed by atoms with Crippen molar-refractivity contribution in [1.82, 2.24) is 5.32 Å². The smallest absolute Gasteiger partial charge is 0.0931 e. The van der Waals surface area contributed by atoms with Crippen molar-refractivity contribution in [3.63, 3.8) is 0 Å². The van der Waals surface area contributed by atoms with E-state index in [1.807, 2.05) is 13.2 Å². The van der Waals surface area contributed by atoms with Crippen LogP contribution in [0.2, 0.25) is 4.34 Å². The molecule has 3 atom stereocenters. The summed E-state index contributed by atoms with van der Waals surface area (Å²) in [6.45, 7) is 4.83. The summed E-state index contributed by atoms with van der Waals surface area (Å²) in [5.41, 5.74) is -0.0386. The Kier molecular flexibility index (Phi) is 4.91. The molecule has 118 valence electrons. The Hall–Kier alpha value is -0.130. The van der Waals surface area contributed by atoms with Gasteiger partial charge in [-0.25, -0.2) is 0 Å². The minimum absolute atomic E-state index is 0.0386. The van der Waals surface area contributed by atoms with Gasteiger partial charge in [0.2, 0.25) is 0 Å². The average molecular weight is 330 g/mol. The third kappa shape index (κ3) is 3.62. The minimum atomic E-state index is -0.0386. The summed E-state index contributed by atoms with van der Waals surface area (Å²) in [7, 11) is 1.82. The SMILES string of the molecule is COC1(CNC(C)[C@@H]2C[C@H]2c2ccc(Cl)s2)CCOCC1. The van der Waals surface area contributed by atoms with Crippen LogP contribution in [0.5, 0.6) is 0 Å². The normalized spacial score (nSPS) is 29.3. The van der Waals surface area contributed by atoms with E-state index >= 15 is 0 Å². The Balaban J connectivity index is 1.50. The van der Waals surface area contributed by atoms with Gasteiger partial charge in [0.25, 0.3) is 0 Å². The number of thiophene rings is 1. The highest BCUT2D eigenvalue weighted by molar-refractivity contribution is 7.16. The van der Waals surface area contributed by atoms with Crippen molar-refractivity contribution >= 4 is 22.9 Å². The molecular weight excluding hydrogens is 306 g/mol. The molecule has 2 aliphatic rings. The lowest BCUT2D eigenvalue weighted by atomic mass is 9.93. The molecule has 0 spiro atoms. The predicted molar refractivity (Wildman–Crippen MR) is 87.4 cm³/mol. The zero-order chi connectivity index (χ0) is 14.9. The van der Waals surface area contributed by atoms with Gasteiger partial charge in [-0.1, -0.05) is 11.6 Å². The van der Waals surface area contributed by atoms with Crippen molar-refractivity contribution < 1.29 is 9.47 Å². The quantitative estimate of drug-likeness (QED) is 0.863. The third-order valence-corrected chi connectivity index (χ3v) is 6.39. The van der Waals surface area contributed by atoms with Gasteiger partial charge in [-0.15, -0.1) is 11.3 Å². The fraction of sp³-hybridized carbons (Fsp3) is 0.750. The Labute approximate surface area is 136 Å². The standard InChI is InChI=1S/C16H24ClNO2S/c1-11(12-9-13(12)14-3-4-15(17)21-14)18-10-16(19-2)5-7-20-8-6-16/h3-4,11-13,18H,5-10H2,1-2H3/t11?,12-,13+/m0/s1. The van der Waals surface area contributed by atoms with Crippen LogP contribution in [-0.4, -0.2) is 38.5 Å². The van der Waals surface area contributed by atoms with E-state index in [9.17, 15) is 0 Å². The minimum Gasteiger partial charge on any atom is -0.381 e. The molecule has 0 aromatic carbocycles. The molecule has 1 saturated carbocycles. The van der Waals surface area contributed by atoms with Gasteiger partial charge < -0.3 is 14.8 Å². The number of rotatable bonds is 6. The summed E-state index contributed by atoms with van der Waals surface area (Å²) in [4.78, 5) is 1.44. The Morgan fingerprint density at radius 1 is 1.48 bits per heavy atom. The van der Waals surface area contributed by atoms with E-state index in [0.29, 0.717) is 12.0 Å². The van der Waals surface area contributed by atoms with Crippen LogP contribution < -0.4 is 5.32 Å². The van der Waals surface area contributed by atoms with Gasteiger partial charge in [0.15, 0.2) is 0 Å². The van der Waals surface area contributed by atoms with E-state index in [-0.39, 0.29) is 5.60 Å². The van der Waals surface area contributed by atoms with Gasteiger partial charge in [-0.05, 0) is 37.3 Å². The Bertz CT molecular complexity index is 473. The van der Waals surface area contributed by atoms with Crippen LogP contribution in [0, 0.1) is 5.92 Å². The van der Waals surface area contributed by atoms with Gasteiger partial charge in [0.1, 0.15) is 0 Å². The lowest BCUT2D eigenvalue weighted by Gasteiger charge is -2.37. The van der Waals surface area contributed by atoms with Crippen molar-refractivity contribution in [2.45, 2.75) is 43.7 Å². The zero-order valence-corrected chi connectivity index (χ0v) is 14.3. The summed E-state index contributed by atoms with van der Waals surface area (Å²) in [5, 5.41) is 3.70. The summed E-state index contributed by atoms with van der Waals surface area (Å²) in [6, 6.07) is 4.71. The van der Waals surface area contributed by atoms with Gasteiger partial charge in [0, 0.05) is 50.6 Å².